The average Bonchev–Trinajstić information content (AvgIpc) is 2.09. The summed E-state index contributed by atoms with van der Waals surface area (Å²) >= 11 is 0. The van der Waals surface area contributed by atoms with Crippen LogP contribution in [0, 0.1) is 0 Å². The summed E-state index contributed by atoms with van der Waals surface area (Å²) in [5, 5.41) is 3.32. The first kappa shape index (κ1) is 9.92. The van der Waals surface area contributed by atoms with Gasteiger partial charge in [0.15, 0.2) is 0 Å². The minimum Gasteiger partial charge on any atom is -0.383 e. The molecule has 4 nitrogen and oxygen atoms in total. The molecule has 0 bridgehead atoms. The van der Waals surface area contributed by atoms with Gasteiger partial charge in [0.2, 0.25) is 0 Å². The largest absolute Gasteiger partial charge is 0.383 e. The van der Waals surface area contributed by atoms with Crippen LogP contribution in [0.3, 0.4) is 0 Å². The van der Waals surface area contributed by atoms with Crippen molar-refractivity contribution in [1.82, 2.24) is 5.32 Å². The van der Waals surface area contributed by atoms with Crippen LogP contribution in [0.5, 0.6) is 0 Å². The van der Waals surface area contributed by atoms with Gasteiger partial charge in [-0.15, -0.1) is 0 Å². The van der Waals surface area contributed by atoms with Gasteiger partial charge in [-0.05, 0) is 0 Å². The zero-order chi connectivity index (χ0) is 8.81. The third-order valence-corrected chi connectivity index (χ3v) is 1.97. The minimum absolute atomic E-state index is 0.128. The number of hydrogen-bond acceptors (Lipinski definition) is 4. The van der Waals surface area contributed by atoms with Crippen LogP contribution in [0.15, 0.2) is 0 Å². The molecule has 1 saturated heterocycles. The Balaban J connectivity index is 2.31. The van der Waals surface area contributed by atoms with Gasteiger partial charge < -0.3 is 19.5 Å². The number of rotatable bonds is 4. The second-order valence-electron chi connectivity index (χ2n) is 2.88. The van der Waals surface area contributed by atoms with Gasteiger partial charge in [0.1, 0.15) is 0 Å². The summed E-state index contributed by atoms with van der Waals surface area (Å²) in [4.78, 5) is 0. The van der Waals surface area contributed by atoms with Gasteiger partial charge in [-0.2, -0.15) is 0 Å². The normalized spacial score (nSPS) is 30.5. The summed E-state index contributed by atoms with van der Waals surface area (Å²) in [5.41, 5.74) is 0. The highest BCUT2D eigenvalue weighted by Crippen LogP contribution is 2.05. The molecule has 0 spiro atoms. The molecule has 2 unspecified atom stereocenters. The number of hydrogen-bond donors (Lipinski definition) is 1. The second kappa shape index (κ2) is 5.48. The summed E-state index contributed by atoms with van der Waals surface area (Å²) in [5.74, 6) is 0. The Labute approximate surface area is 73.2 Å². The molecule has 72 valence electrons. The first-order chi connectivity index (χ1) is 5.88. The van der Waals surface area contributed by atoms with Crippen molar-refractivity contribution >= 4 is 0 Å². The van der Waals surface area contributed by atoms with Crippen molar-refractivity contribution in [3.8, 4) is 0 Å². The smallest absolute Gasteiger partial charge is 0.0983 e. The molecule has 0 saturated carbocycles. The number of morpholine rings is 1. The molecule has 0 aliphatic carbocycles. The Kier molecular flexibility index (Phi) is 4.53. The molecule has 1 N–H and O–H groups in total. The monoisotopic (exact) mass is 175 g/mol. The van der Waals surface area contributed by atoms with Gasteiger partial charge in [-0.3, -0.25) is 0 Å². The van der Waals surface area contributed by atoms with Crippen LogP contribution in [-0.4, -0.2) is 52.7 Å². The molecular weight excluding hydrogens is 158 g/mol. The lowest BCUT2D eigenvalue weighted by molar-refractivity contribution is -0.0600. The highest BCUT2D eigenvalue weighted by molar-refractivity contribution is 4.80. The van der Waals surface area contributed by atoms with Crippen molar-refractivity contribution in [2.45, 2.75) is 12.1 Å². The molecule has 12 heavy (non-hydrogen) atoms. The van der Waals surface area contributed by atoms with Crippen LogP contribution >= 0.6 is 0 Å². The zero-order valence-corrected chi connectivity index (χ0v) is 7.71. The maximum atomic E-state index is 5.52. The quantitative estimate of drug-likeness (QED) is 0.633. The number of nitrogens with one attached hydrogen (secondary N) is 1. The fourth-order valence-electron chi connectivity index (χ4n) is 1.38. The molecule has 1 aliphatic rings. The maximum Gasteiger partial charge on any atom is 0.0983 e. The van der Waals surface area contributed by atoms with E-state index in [2.05, 4.69) is 5.32 Å². The Hall–Kier alpha value is -0.160. The van der Waals surface area contributed by atoms with Crippen LogP contribution in [0.25, 0.3) is 0 Å². The Bertz CT molecular complexity index is 103. The minimum atomic E-state index is 0.128. The second-order valence-corrected chi connectivity index (χ2v) is 2.88. The Morgan fingerprint density at radius 3 is 2.75 bits per heavy atom. The van der Waals surface area contributed by atoms with E-state index in [9.17, 15) is 0 Å². The van der Waals surface area contributed by atoms with Crippen LogP contribution < -0.4 is 5.32 Å². The van der Waals surface area contributed by atoms with Crippen molar-refractivity contribution in [3.63, 3.8) is 0 Å². The molecule has 1 rings (SSSR count). The summed E-state index contributed by atoms with van der Waals surface area (Å²) in [6, 6.07) is 0.267. The molecule has 0 amide bonds. The maximum absolute atomic E-state index is 5.52. The topological polar surface area (TPSA) is 39.7 Å². The Morgan fingerprint density at radius 1 is 1.33 bits per heavy atom. The molecule has 1 fully saturated rings. The first-order valence-corrected chi connectivity index (χ1v) is 4.21. The van der Waals surface area contributed by atoms with Gasteiger partial charge in [-0.25, -0.2) is 0 Å². The van der Waals surface area contributed by atoms with E-state index >= 15 is 0 Å². The average molecular weight is 175 g/mol. The van der Waals surface area contributed by atoms with Gasteiger partial charge in [-0.1, -0.05) is 0 Å². The number of methoxy groups -OCH3 is 2. The van der Waals surface area contributed by atoms with E-state index in [1.807, 2.05) is 0 Å². The number of ether oxygens (including phenoxy) is 3. The van der Waals surface area contributed by atoms with E-state index in [0.29, 0.717) is 13.2 Å². The summed E-state index contributed by atoms with van der Waals surface area (Å²) in [6.07, 6.45) is 0.128. The van der Waals surface area contributed by atoms with E-state index in [-0.39, 0.29) is 12.1 Å². The lowest BCUT2D eigenvalue weighted by atomic mass is 10.1. The summed E-state index contributed by atoms with van der Waals surface area (Å²) in [6.45, 7) is 2.96. The molecule has 0 aromatic rings. The molecule has 0 aromatic carbocycles. The van der Waals surface area contributed by atoms with Crippen molar-refractivity contribution in [2.75, 3.05) is 40.6 Å². The fraction of sp³-hybridized carbons (Fsp3) is 1.00. The van der Waals surface area contributed by atoms with Gasteiger partial charge in [0.25, 0.3) is 0 Å². The lowest BCUT2D eigenvalue weighted by Gasteiger charge is -2.31. The van der Waals surface area contributed by atoms with E-state index in [1.54, 1.807) is 14.2 Å². The van der Waals surface area contributed by atoms with Crippen LogP contribution in [0.4, 0.5) is 0 Å². The van der Waals surface area contributed by atoms with E-state index < -0.39 is 0 Å². The van der Waals surface area contributed by atoms with Crippen molar-refractivity contribution in [3.05, 3.63) is 0 Å². The fourth-order valence-corrected chi connectivity index (χ4v) is 1.38. The molecule has 0 aromatic heterocycles. The van der Waals surface area contributed by atoms with Gasteiger partial charge in [0.05, 0.1) is 32.0 Å². The lowest BCUT2D eigenvalue weighted by Crippen LogP contribution is -2.52. The molecule has 0 radical (unpaired) electrons. The summed E-state index contributed by atoms with van der Waals surface area (Å²) in [7, 11) is 3.38. The zero-order valence-electron chi connectivity index (χ0n) is 7.71. The predicted octanol–water partition coefficient (Wildman–Crippen LogP) is -0.364. The highest BCUT2D eigenvalue weighted by atomic mass is 16.5. The standard InChI is InChI=1S/C8H17NO3/c1-10-5-7-8(6-11-2)12-4-3-9-7/h7-9H,3-6H2,1-2H3. The molecule has 2 atom stereocenters. The van der Waals surface area contributed by atoms with E-state index in [1.165, 1.54) is 0 Å². The third-order valence-electron chi connectivity index (χ3n) is 1.97. The molecule has 4 heteroatoms. The van der Waals surface area contributed by atoms with Crippen LogP contribution in [0.1, 0.15) is 0 Å². The van der Waals surface area contributed by atoms with Crippen LogP contribution in [0.2, 0.25) is 0 Å². The highest BCUT2D eigenvalue weighted by Gasteiger charge is 2.24. The SMILES string of the molecule is COCC1NCCOC1COC. The van der Waals surface area contributed by atoms with Gasteiger partial charge >= 0.3 is 0 Å². The van der Waals surface area contributed by atoms with E-state index in [4.69, 9.17) is 14.2 Å². The third kappa shape index (κ3) is 2.71. The van der Waals surface area contributed by atoms with Crippen molar-refractivity contribution in [1.29, 1.82) is 0 Å². The van der Waals surface area contributed by atoms with Crippen molar-refractivity contribution in [2.24, 2.45) is 0 Å². The summed E-state index contributed by atoms with van der Waals surface area (Å²) < 4.78 is 15.6. The van der Waals surface area contributed by atoms with Crippen LogP contribution in [-0.2, 0) is 14.2 Å². The Morgan fingerprint density at radius 2 is 2.08 bits per heavy atom. The predicted molar refractivity (Wildman–Crippen MR) is 45.3 cm³/mol. The molecule has 1 heterocycles. The van der Waals surface area contributed by atoms with Crippen molar-refractivity contribution < 1.29 is 14.2 Å². The van der Waals surface area contributed by atoms with E-state index in [0.717, 1.165) is 13.2 Å². The molecule has 1 aliphatic heterocycles. The van der Waals surface area contributed by atoms with Gasteiger partial charge in [0, 0.05) is 20.8 Å². The first-order valence-electron chi connectivity index (χ1n) is 4.21. The molecular formula is C8H17NO3.